The highest BCUT2D eigenvalue weighted by molar-refractivity contribution is 5.74. The van der Waals surface area contributed by atoms with Gasteiger partial charge in [-0.25, -0.2) is 9.97 Å². The quantitative estimate of drug-likeness (QED) is 0.795. The maximum absolute atomic E-state index is 6.41. The number of nitrogens with zero attached hydrogens (tertiary/aromatic N) is 3. The van der Waals surface area contributed by atoms with Crippen LogP contribution in [0.25, 0.3) is 16.8 Å². The Bertz CT molecular complexity index is 880. The maximum Gasteiger partial charge on any atom is 0.156 e. The first-order valence-corrected chi connectivity index (χ1v) is 9.32. The van der Waals surface area contributed by atoms with Crippen molar-refractivity contribution in [2.75, 3.05) is 13.2 Å². The highest BCUT2D eigenvalue weighted by Crippen LogP contribution is 2.42. The highest BCUT2D eigenvalue weighted by Gasteiger charge is 2.36. The predicted molar refractivity (Wildman–Crippen MR) is 94.7 cm³/mol. The van der Waals surface area contributed by atoms with Crippen molar-refractivity contribution >= 4 is 16.8 Å². The van der Waals surface area contributed by atoms with Crippen LogP contribution >= 0.6 is 0 Å². The van der Waals surface area contributed by atoms with E-state index < -0.39 is 0 Å². The normalized spacial score (nSPS) is 28.3. The molecule has 2 aliphatic rings. The molecule has 3 aromatic heterocycles. The Balaban J connectivity index is 1.43. The van der Waals surface area contributed by atoms with E-state index in [0.717, 1.165) is 55.7 Å². The minimum atomic E-state index is 0.345. The Morgan fingerprint density at radius 2 is 2.04 bits per heavy atom. The van der Waals surface area contributed by atoms with E-state index in [1.807, 2.05) is 18.6 Å². The van der Waals surface area contributed by atoms with Crippen LogP contribution in [-0.4, -0.2) is 44.8 Å². The van der Waals surface area contributed by atoms with Crippen LogP contribution in [0, 0.1) is 5.92 Å². The third-order valence-corrected chi connectivity index (χ3v) is 5.84. The van der Waals surface area contributed by atoms with Crippen LogP contribution in [0.1, 0.15) is 44.2 Å². The van der Waals surface area contributed by atoms with Gasteiger partial charge < -0.3 is 14.5 Å². The van der Waals surface area contributed by atoms with Gasteiger partial charge in [-0.3, -0.25) is 4.40 Å². The molecule has 6 nitrogen and oxygen atoms in total. The zero-order valence-electron chi connectivity index (χ0n) is 14.5. The molecule has 0 spiro atoms. The molecule has 132 valence electrons. The molecule has 5 rings (SSSR count). The summed E-state index contributed by atoms with van der Waals surface area (Å²) in [5, 5.41) is 0. The lowest BCUT2D eigenvalue weighted by Crippen LogP contribution is -2.27. The topological polar surface area (TPSA) is 64.4 Å². The summed E-state index contributed by atoms with van der Waals surface area (Å²) in [6, 6.07) is 2.08. The van der Waals surface area contributed by atoms with Crippen molar-refractivity contribution in [1.82, 2.24) is 19.4 Å². The summed E-state index contributed by atoms with van der Waals surface area (Å²) in [7, 11) is 0. The molecule has 1 aliphatic carbocycles. The maximum atomic E-state index is 6.41. The third-order valence-electron chi connectivity index (χ3n) is 5.84. The van der Waals surface area contributed by atoms with Crippen molar-refractivity contribution in [3.8, 4) is 0 Å². The number of fused-ring (bicyclic) bond motifs is 3. The second-order valence-electron chi connectivity index (χ2n) is 7.47. The molecule has 0 aromatic carbocycles. The van der Waals surface area contributed by atoms with Gasteiger partial charge in [0, 0.05) is 37.2 Å². The molecule has 6 heteroatoms. The van der Waals surface area contributed by atoms with Crippen molar-refractivity contribution in [2.24, 2.45) is 5.92 Å². The molecule has 4 heterocycles. The average Bonchev–Trinajstić information content (AvgIpc) is 3.32. The standard InChI is InChI=1S/C19H24N4O2/c1-12-8-14(25-13-3-6-24-7-4-13)9-15(12)17-10-21-18-11-22-19-16(23(17)18)2-5-20-19/h2,5,10-15,20H,3-4,6-9H2,1H3/t12-,14+,15+/m1/s1. The molecule has 3 aromatic rings. The van der Waals surface area contributed by atoms with Crippen LogP contribution in [0.5, 0.6) is 0 Å². The fourth-order valence-corrected chi connectivity index (χ4v) is 4.55. The van der Waals surface area contributed by atoms with E-state index in [1.165, 1.54) is 5.69 Å². The van der Waals surface area contributed by atoms with Crippen LogP contribution < -0.4 is 0 Å². The van der Waals surface area contributed by atoms with Gasteiger partial charge in [0.1, 0.15) is 0 Å². The summed E-state index contributed by atoms with van der Waals surface area (Å²) in [6.07, 6.45) is 10.8. The molecule has 1 N–H and O–H groups in total. The number of imidazole rings is 1. The highest BCUT2D eigenvalue weighted by atomic mass is 16.5. The van der Waals surface area contributed by atoms with Crippen molar-refractivity contribution in [2.45, 2.75) is 50.7 Å². The second-order valence-corrected chi connectivity index (χ2v) is 7.47. The Morgan fingerprint density at radius 1 is 1.16 bits per heavy atom. The summed E-state index contributed by atoms with van der Waals surface area (Å²) in [4.78, 5) is 12.2. The lowest BCUT2D eigenvalue weighted by molar-refractivity contribution is -0.0666. The first kappa shape index (κ1) is 15.3. The first-order chi connectivity index (χ1) is 12.3. The van der Waals surface area contributed by atoms with Gasteiger partial charge in [0.2, 0.25) is 0 Å². The van der Waals surface area contributed by atoms with Crippen LogP contribution in [-0.2, 0) is 9.47 Å². The van der Waals surface area contributed by atoms with Gasteiger partial charge >= 0.3 is 0 Å². The molecule has 1 aliphatic heterocycles. The van der Waals surface area contributed by atoms with Gasteiger partial charge in [0.15, 0.2) is 11.3 Å². The fraction of sp³-hybridized carbons (Fsp3) is 0.579. The van der Waals surface area contributed by atoms with Gasteiger partial charge in [0.25, 0.3) is 0 Å². The predicted octanol–water partition coefficient (Wildman–Crippen LogP) is 3.29. The summed E-state index contributed by atoms with van der Waals surface area (Å²) >= 11 is 0. The number of rotatable bonds is 3. The van der Waals surface area contributed by atoms with E-state index in [-0.39, 0.29) is 0 Å². The zero-order valence-corrected chi connectivity index (χ0v) is 14.5. The molecule has 1 saturated heterocycles. The molecule has 0 amide bonds. The van der Waals surface area contributed by atoms with E-state index in [9.17, 15) is 0 Å². The zero-order chi connectivity index (χ0) is 16.8. The Kier molecular flexibility index (Phi) is 3.75. The van der Waals surface area contributed by atoms with Gasteiger partial charge in [-0.05, 0) is 37.7 Å². The van der Waals surface area contributed by atoms with Crippen LogP contribution in [0.15, 0.2) is 24.7 Å². The summed E-state index contributed by atoms with van der Waals surface area (Å²) < 4.78 is 14.1. The number of ether oxygens (including phenoxy) is 2. The third kappa shape index (κ3) is 2.64. The Labute approximate surface area is 146 Å². The molecule has 2 fully saturated rings. The minimum absolute atomic E-state index is 0.345. The van der Waals surface area contributed by atoms with Crippen molar-refractivity contribution < 1.29 is 9.47 Å². The SMILES string of the molecule is C[C@@H]1C[C@H](OC2CCOCC2)C[C@@H]1c1cnc2cnc3[nH]ccc3n12. The van der Waals surface area contributed by atoms with Crippen LogP contribution in [0.3, 0.4) is 0 Å². The first-order valence-electron chi connectivity index (χ1n) is 9.32. The molecular weight excluding hydrogens is 316 g/mol. The molecule has 25 heavy (non-hydrogen) atoms. The smallest absolute Gasteiger partial charge is 0.156 e. The molecular formula is C19H24N4O2. The summed E-state index contributed by atoms with van der Waals surface area (Å²) in [5.74, 6) is 1.06. The van der Waals surface area contributed by atoms with E-state index >= 15 is 0 Å². The van der Waals surface area contributed by atoms with E-state index in [2.05, 4.69) is 32.3 Å². The van der Waals surface area contributed by atoms with Gasteiger partial charge in [-0.2, -0.15) is 0 Å². The number of hydrogen-bond donors (Lipinski definition) is 1. The summed E-state index contributed by atoms with van der Waals surface area (Å²) in [6.45, 7) is 4.01. The van der Waals surface area contributed by atoms with Crippen molar-refractivity contribution in [3.05, 3.63) is 30.4 Å². The molecule has 0 bridgehead atoms. The van der Waals surface area contributed by atoms with Gasteiger partial charge in [-0.1, -0.05) is 6.92 Å². The van der Waals surface area contributed by atoms with Crippen molar-refractivity contribution in [1.29, 1.82) is 0 Å². The second kappa shape index (κ2) is 6.11. The van der Waals surface area contributed by atoms with E-state index in [4.69, 9.17) is 9.47 Å². The number of aromatic amines is 1. The van der Waals surface area contributed by atoms with Crippen molar-refractivity contribution in [3.63, 3.8) is 0 Å². The molecule has 0 unspecified atom stereocenters. The van der Waals surface area contributed by atoms with Gasteiger partial charge in [0.05, 0.1) is 23.9 Å². The number of H-pyrrole nitrogens is 1. The van der Waals surface area contributed by atoms with Crippen LogP contribution in [0.4, 0.5) is 0 Å². The molecule has 0 radical (unpaired) electrons. The van der Waals surface area contributed by atoms with Crippen LogP contribution in [0.2, 0.25) is 0 Å². The van der Waals surface area contributed by atoms with E-state index in [0.29, 0.717) is 24.0 Å². The lowest BCUT2D eigenvalue weighted by atomic mass is 9.95. The van der Waals surface area contributed by atoms with E-state index in [1.54, 1.807) is 0 Å². The average molecular weight is 340 g/mol. The molecule has 3 atom stereocenters. The largest absolute Gasteiger partial charge is 0.381 e. The molecule has 1 saturated carbocycles. The number of aromatic nitrogens is 4. The Hall–Kier alpha value is -1.92. The minimum Gasteiger partial charge on any atom is -0.381 e. The monoisotopic (exact) mass is 340 g/mol. The Morgan fingerprint density at radius 3 is 2.92 bits per heavy atom. The van der Waals surface area contributed by atoms with Gasteiger partial charge in [-0.15, -0.1) is 0 Å². The summed E-state index contributed by atoms with van der Waals surface area (Å²) in [5.41, 5.74) is 4.22. The number of nitrogens with one attached hydrogen (secondary N) is 1. The fourth-order valence-electron chi connectivity index (χ4n) is 4.55. The lowest BCUT2D eigenvalue weighted by Gasteiger charge is -2.25. The number of hydrogen-bond acceptors (Lipinski definition) is 4.